The lowest BCUT2D eigenvalue weighted by atomic mass is 10.1. The molecule has 0 aliphatic rings. The Balaban J connectivity index is 2.44. The van der Waals surface area contributed by atoms with Gasteiger partial charge in [0.05, 0.1) is 7.11 Å². The van der Waals surface area contributed by atoms with Crippen molar-refractivity contribution in [3.8, 4) is 5.88 Å². The third-order valence-electron chi connectivity index (χ3n) is 2.16. The van der Waals surface area contributed by atoms with Gasteiger partial charge in [-0.3, -0.25) is 4.79 Å². The van der Waals surface area contributed by atoms with Gasteiger partial charge in [-0.1, -0.05) is 23.7 Å². The Morgan fingerprint density at radius 2 is 2.06 bits per heavy atom. The van der Waals surface area contributed by atoms with E-state index in [9.17, 15) is 4.79 Å². The standard InChI is InChI=1S/C12H9ClN2O2/c1-17-12-10(14-5-6-15-12)11(16)8-3-2-4-9(13)7-8/h2-7H,1H3. The third kappa shape index (κ3) is 2.42. The molecule has 0 unspecified atom stereocenters. The topological polar surface area (TPSA) is 52.1 Å². The first-order valence-corrected chi connectivity index (χ1v) is 5.25. The first kappa shape index (κ1) is 11.5. The number of hydrogen-bond acceptors (Lipinski definition) is 4. The minimum atomic E-state index is -0.266. The molecule has 0 saturated heterocycles. The zero-order chi connectivity index (χ0) is 12.3. The number of hydrogen-bond donors (Lipinski definition) is 0. The van der Waals surface area contributed by atoms with Gasteiger partial charge in [0.1, 0.15) is 0 Å². The molecule has 0 spiro atoms. The molecule has 0 bridgehead atoms. The molecule has 5 heteroatoms. The van der Waals surface area contributed by atoms with Crippen LogP contribution in [-0.2, 0) is 0 Å². The van der Waals surface area contributed by atoms with Crippen LogP contribution in [0.15, 0.2) is 36.7 Å². The van der Waals surface area contributed by atoms with Crippen LogP contribution in [0.1, 0.15) is 16.1 Å². The summed E-state index contributed by atoms with van der Waals surface area (Å²) in [4.78, 5) is 20.0. The number of ketones is 1. The molecule has 1 aromatic heterocycles. The molecule has 0 aliphatic heterocycles. The van der Waals surface area contributed by atoms with Gasteiger partial charge < -0.3 is 4.74 Å². The molecule has 0 aliphatic carbocycles. The SMILES string of the molecule is COc1nccnc1C(=O)c1cccc(Cl)c1. The molecular formula is C12H9ClN2O2. The van der Waals surface area contributed by atoms with Crippen LogP contribution in [-0.4, -0.2) is 22.9 Å². The second kappa shape index (κ2) is 4.93. The van der Waals surface area contributed by atoms with E-state index in [1.165, 1.54) is 19.5 Å². The van der Waals surface area contributed by atoms with Gasteiger partial charge >= 0.3 is 0 Å². The molecule has 1 aromatic carbocycles. The molecular weight excluding hydrogens is 240 g/mol. The molecule has 0 N–H and O–H groups in total. The summed E-state index contributed by atoms with van der Waals surface area (Å²) in [5, 5.41) is 0.499. The lowest BCUT2D eigenvalue weighted by molar-refractivity contribution is 0.103. The van der Waals surface area contributed by atoms with Gasteiger partial charge in [0.2, 0.25) is 11.7 Å². The van der Waals surface area contributed by atoms with Crippen LogP contribution in [0, 0.1) is 0 Å². The van der Waals surface area contributed by atoms with Crippen molar-refractivity contribution < 1.29 is 9.53 Å². The summed E-state index contributed by atoms with van der Waals surface area (Å²) in [5.41, 5.74) is 0.633. The first-order chi connectivity index (χ1) is 8.22. The highest BCUT2D eigenvalue weighted by molar-refractivity contribution is 6.31. The smallest absolute Gasteiger partial charge is 0.243 e. The number of aromatic nitrogens is 2. The van der Waals surface area contributed by atoms with Gasteiger partial charge in [-0.25, -0.2) is 9.97 Å². The molecule has 2 aromatic rings. The number of rotatable bonds is 3. The fourth-order valence-electron chi connectivity index (χ4n) is 1.40. The van der Waals surface area contributed by atoms with Gasteiger partial charge in [-0.05, 0) is 12.1 Å². The largest absolute Gasteiger partial charge is 0.479 e. The van der Waals surface area contributed by atoms with Crippen LogP contribution in [0.3, 0.4) is 0 Å². The van der Waals surface area contributed by atoms with Crippen molar-refractivity contribution in [3.63, 3.8) is 0 Å². The van der Waals surface area contributed by atoms with Crippen LogP contribution >= 0.6 is 11.6 Å². The minimum absolute atomic E-state index is 0.178. The molecule has 1 heterocycles. The number of methoxy groups -OCH3 is 1. The highest BCUT2D eigenvalue weighted by Crippen LogP contribution is 2.18. The maximum atomic E-state index is 12.1. The molecule has 0 radical (unpaired) electrons. The second-order valence-corrected chi connectivity index (χ2v) is 3.69. The Morgan fingerprint density at radius 3 is 2.76 bits per heavy atom. The van der Waals surface area contributed by atoms with E-state index in [1.807, 2.05) is 0 Å². The maximum absolute atomic E-state index is 12.1. The van der Waals surface area contributed by atoms with Crippen LogP contribution in [0.2, 0.25) is 5.02 Å². The molecule has 86 valence electrons. The monoisotopic (exact) mass is 248 g/mol. The number of halogens is 1. The zero-order valence-electron chi connectivity index (χ0n) is 9.05. The average molecular weight is 249 g/mol. The number of carbonyl (C=O) groups excluding carboxylic acids is 1. The number of benzene rings is 1. The number of nitrogens with zero attached hydrogens (tertiary/aromatic N) is 2. The van der Waals surface area contributed by atoms with Crippen LogP contribution < -0.4 is 4.74 Å². The highest BCUT2D eigenvalue weighted by atomic mass is 35.5. The molecule has 2 rings (SSSR count). The molecule has 0 saturated carbocycles. The highest BCUT2D eigenvalue weighted by Gasteiger charge is 2.16. The molecule has 0 fully saturated rings. The molecule has 17 heavy (non-hydrogen) atoms. The van der Waals surface area contributed by atoms with Gasteiger partial charge in [-0.2, -0.15) is 0 Å². The first-order valence-electron chi connectivity index (χ1n) is 4.87. The Hall–Kier alpha value is -1.94. The van der Waals surface area contributed by atoms with Crippen molar-refractivity contribution in [2.45, 2.75) is 0 Å². The van der Waals surface area contributed by atoms with E-state index in [0.29, 0.717) is 10.6 Å². The fourth-order valence-corrected chi connectivity index (χ4v) is 1.59. The Bertz CT molecular complexity index is 558. The minimum Gasteiger partial charge on any atom is -0.479 e. The van der Waals surface area contributed by atoms with Crippen molar-refractivity contribution >= 4 is 17.4 Å². The summed E-state index contributed by atoms with van der Waals surface area (Å²) in [6, 6.07) is 6.66. The molecule has 4 nitrogen and oxygen atoms in total. The summed E-state index contributed by atoms with van der Waals surface area (Å²) in [7, 11) is 1.44. The van der Waals surface area contributed by atoms with E-state index in [4.69, 9.17) is 16.3 Å². The zero-order valence-corrected chi connectivity index (χ0v) is 9.81. The van der Waals surface area contributed by atoms with Crippen LogP contribution in [0.4, 0.5) is 0 Å². The summed E-state index contributed by atoms with van der Waals surface area (Å²) in [5.74, 6) is -0.0603. The van der Waals surface area contributed by atoms with Crippen LogP contribution in [0.5, 0.6) is 5.88 Å². The Morgan fingerprint density at radius 1 is 1.29 bits per heavy atom. The van der Waals surface area contributed by atoms with E-state index in [-0.39, 0.29) is 17.4 Å². The number of carbonyl (C=O) groups is 1. The molecule has 0 atom stereocenters. The van der Waals surface area contributed by atoms with Crippen molar-refractivity contribution in [3.05, 3.63) is 52.9 Å². The van der Waals surface area contributed by atoms with Crippen molar-refractivity contribution in [2.24, 2.45) is 0 Å². The quantitative estimate of drug-likeness (QED) is 0.783. The Kier molecular flexibility index (Phi) is 3.35. The van der Waals surface area contributed by atoms with E-state index >= 15 is 0 Å². The number of ether oxygens (including phenoxy) is 1. The predicted octanol–water partition coefficient (Wildman–Crippen LogP) is 2.37. The van der Waals surface area contributed by atoms with Crippen molar-refractivity contribution in [1.82, 2.24) is 9.97 Å². The summed E-state index contributed by atoms with van der Waals surface area (Å²) in [6.45, 7) is 0. The molecule has 0 amide bonds. The lowest BCUT2D eigenvalue weighted by Gasteiger charge is -2.04. The van der Waals surface area contributed by atoms with Gasteiger partial charge in [0.15, 0.2) is 5.69 Å². The lowest BCUT2D eigenvalue weighted by Crippen LogP contribution is -2.07. The summed E-state index contributed by atoms with van der Waals surface area (Å²) < 4.78 is 4.99. The average Bonchev–Trinajstić information content (AvgIpc) is 2.38. The normalized spacial score (nSPS) is 10.0. The summed E-state index contributed by atoms with van der Waals surface area (Å²) in [6.07, 6.45) is 2.91. The fraction of sp³-hybridized carbons (Fsp3) is 0.0833. The van der Waals surface area contributed by atoms with Gasteiger partial charge in [-0.15, -0.1) is 0 Å². The predicted molar refractivity (Wildman–Crippen MR) is 63.5 cm³/mol. The van der Waals surface area contributed by atoms with Crippen molar-refractivity contribution in [2.75, 3.05) is 7.11 Å². The third-order valence-corrected chi connectivity index (χ3v) is 2.39. The maximum Gasteiger partial charge on any atom is 0.243 e. The van der Waals surface area contributed by atoms with E-state index in [2.05, 4.69) is 9.97 Å². The summed E-state index contributed by atoms with van der Waals surface area (Å²) >= 11 is 5.83. The Labute approximate surface area is 103 Å². The van der Waals surface area contributed by atoms with E-state index < -0.39 is 0 Å². The second-order valence-electron chi connectivity index (χ2n) is 3.25. The van der Waals surface area contributed by atoms with Gasteiger partial charge in [0.25, 0.3) is 0 Å². The van der Waals surface area contributed by atoms with Crippen molar-refractivity contribution in [1.29, 1.82) is 0 Å². The van der Waals surface area contributed by atoms with E-state index in [1.54, 1.807) is 24.3 Å². The van der Waals surface area contributed by atoms with Gasteiger partial charge in [0, 0.05) is 23.0 Å². The van der Waals surface area contributed by atoms with E-state index in [0.717, 1.165) is 0 Å². The van der Waals surface area contributed by atoms with Crippen LogP contribution in [0.25, 0.3) is 0 Å².